The van der Waals surface area contributed by atoms with Crippen molar-refractivity contribution in [2.75, 3.05) is 26.2 Å². The Morgan fingerprint density at radius 2 is 1.69 bits per heavy atom. The van der Waals surface area contributed by atoms with Crippen LogP contribution < -0.4 is 5.32 Å². The monoisotopic (exact) mass is 531 g/mol. The number of hydrogen-bond acceptors (Lipinski definition) is 6. The number of likely N-dealkylation sites (tertiary alicyclic amines) is 1. The van der Waals surface area contributed by atoms with E-state index in [2.05, 4.69) is 22.1 Å². The average Bonchev–Trinajstić information content (AvgIpc) is 2.82. The van der Waals surface area contributed by atoms with E-state index in [1.807, 2.05) is 12.1 Å². The Hall–Kier alpha value is -2.94. The number of halogens is 6. The lowest BCUT2D eigenvalue weighted by Crippen LogP contribution is -2.53. The van der Waals surface area contributed by atoms with Crippen LogP contribution >= 0.6 is 0 Å². The number of carboxylic acid groups (broad SMARTS) is 2. The van der Waals surface area contributed by atoms with Gasteiger partial charge >= 0.3 is 24.3 Å². The third-order valence-corrected chi connectivity index (χ3v) is 5.41. The van der Waals surface area contributed by atoms with Crippen LogP contribution in [-0.2, 0) is 25.7 Å². The second-order valence-corrected chi connectivity index (χ2v) is 7.84. The maximum absolute atomic E-state index is 12.6. The lowest BCUT2D eigenvalue weighted by atomic mass is 9.79. The Labute approximate surface area is 202 Å². The van der Waals surface area contributed by atoms with Crippen LogP contribution in [-0.4, -0.2) is 82.6 Å². The van der Waals surface area contributed by atoms with Crippen LogP contribution in [0.4, 0.5) is 26.3 Å². The maximum Gasteiger partial charge on any atom is 0.490 e. The molecular weight excluding hydrogens is 504 g/mol. The van der Waals surface area contributed by atoms with Crippen molar-refractivity contribution in [2.45, 2.75) is 44.8 Å². The van der Waals surface area contributed by atoms with E-state index >= 15 is 0 Å². The Morgan fingerprint density at radius 3 is 2.17 bits per heavy atom. The standard InChI is InChI=1S/C17H25N3O2.2C2HF3O2/c1-2-20-8-5-16-15(12-20)14(6-9-22-16)17(21)19-11-13-4-3-7-18-10-13;2*3-2(4,5)1(6)7/h3-4,7,10,14-16H,2,5-6,8-9,11-12H2,1H3,(H,19,21);2*(H,6,7)/t14-,15-,16-;;/m1../s1. The molecule has 0 unspecified atom stereocenters. The molecule has 3 heterocycles. The van der Waals surface area contributed by atoms with Crippen molar-refractivity contribution < 1.29 is 55.7 Å². The summed E-state index contributed by atoms with van der Waals surface area (Å²) in [6.07, 6.45) is -4.49. The Bertz CT molecular complexity index is 829. The van der Waals surface area contributed by atoms with Gasteiger partial charge in [0.2, 0.25) is 5.91 Å². The normalized spacial score (nSPS) is 22.0. The first kappa shape index (κ1) is 31.1. The largest absolute Gasteiger partial charge is 0.490 e. The number of pyridine rings is 1. The van der Waals surface area contributed by atoms with Gasteiger partial charge in [-0.1, -0.05) is 13.0 Å². The van der Waals surface area contributed by atoms with E-state index in [4.69, 9.17) is 24.5 Å². The zero-order valence-corrected chi connectivity index (χ0v) is 19.2. The van der Waals surface area contributed by atoms with E-state index in [1.165, 1.54) is 0 Å². The number of carboxylic acids is 2. The zero-order chi connectivity index (χ0) is 27.5. The van der Waals surface area contributed by atoms with E-state index in [0.717, 1.165) is 38.0 Å². The van der Waals surface area contributed by atoms with Gasteiger partial charge in [-0.2, -0.15) is 26.3 Å². The molecule has 1 amide bonds. The highest BCUT2D eigenvalue weighted by Crippen LogP contribution is 2.33. The molecule has 2 aliphatic heterocycles. The van der Waals surface area contributed by atoms with Gasteiger partial charge in [0.05, 0.1) is 6.10 Å². The van der Waals surface area contributed by atoms with Crippen LogP contribution in [0.25, 0.3) is 0 Å². The molecule has 0 spiro atoms. The molecule has 3 N–H and O–H groups in total. The predicted molar refractivity (Wildman–Crippen MR) is 112 cm³/mol. The van der Waals surface area contributed by atoms with Crippen LogP contribution in [0.1, 0.15) is 25.3 Å². The van der Waals surface area contributed by atoms with Gasteiger partial charge in [0, 0.05) is 50.5 Å². The van der Waals surface area contributed by atoms with Crippen LogP contribution in [0.3, 0.4) is 0 Å². The van der Waals surface area contributed by atoms with Crippen LogP contribution in [0.2, 0.25) is 0 Å². The smallest absolute Gasteiger partial charge is 0.475 e. The lowest BCUT2D eigenvalue weighted by Gasteiger charge is -2.44. The summed E-state index contributed by atoms with van der Waals surface area (Å²) in [5.41, 5.74) is 1.04. The predicted octanol–water partition coefficient (Wildman–Crippen LogP) is 2.71. The first-order chi connectivity index (χ1) is 16.7. The molecule has 0 aliphatic carbocycles. The van der Waals surface area contributed by atoms with E-state index in [9.17, 15) is 31.1 Å². The Morgan fingerprint density at radius 1 is 1.11 bits per heavy atom. The van der Waals surface area contributed by atoms with Crippen molar-refractivity contribution in [3.8, 4) is 0 Å². The molecule has 204 valence electrons. The summed E-state index contributed by atoms with van der Waals surface area (Å²) in [7, 11) is 0. The molecule has 9 nitrogen and oxygen atoms in total. The number of carbonyl (C=O) groups is 3. The number of carbonyl (C=O) groups excluding carboxylic acids is 1. The minimum atomic E-state index is -5.08. The SMILES string of the molecule is CCN1CC[C@H]2OCC[C@@H](C(=O)NCc3cccnc3)[C@H]2C1.O=C(O)C(F)(F)F.O=C(O)C(F)(F)F. The molecule has 15 heteroatoms. The molecule has 0 saturated carbocycles. The lowest BCUT2D eigenvalue weighted by molar-refractivity contribution is -0.193. The Balaban J connectivity index is 0.000000383. The summed E-state index contributed by atoms with van der Waals surface area (Å²) in [5, 5.41) is 17.3. The average molecular weight is 531 g/mol. The Kier molecular flexibility index (Phi) is 12.1. The highest BCUT2D eigenvalue weighted by atomic mass is 19.4. The molecule has 2 fully saturated rings. The van der Waals surface area contributed by atoms with Gasteiger partial charge in [-0.3, -0.25) is 9.78 Å². The number of alkyl halides is 6. The number of ether oxygens (including phenoxy) is 1. The van der Waals surface area contributed by atoms with Crippen LogP contribution in [0.15, 0.2) is 24.5 Å². The second kappa shape index (κ2) is 14.0. The summed E-state index contributed by atoms with van der Waals surface area (Å²) in [6.45, 7) is 6.56. The number of piperidine rings is 1. The van der Waals surface area contributed by atoms with Crippen molar-refractivity contribution in [2.24, 2.45) is 11.8 Å². The number of nitrogens with zero attached hydrogens (tertiary/aromatic N) is 2. The van der Waals surface area contributed by atoms with Crippen LogP contribution in [0, 0.1) is 11.8 Å². The highest BCUT2D eigenvalue weighted by molar-refractivity contribution is 5.79. The van der Waals surface area contributed by atoms with Crippen molar-refractivity contribution in [1.82, 2.24) is 15.2 Å². The van der Waals surface area contributed by atoms with Crippen molar-refractivity contribution in [3.05, 3.63) is 30.1 Å². The fraction of sp³-hybridized carbons (Fsp3) is 0.619. The fourth-order valence-corrected chi connectivity index (χ4v) is 3.62. The summed E-state index contributed by atoms with van der Waals surface area (Å²) in [6, 6.07) is 3.88. The van der Waals surface area contributed by atoms with Gasteiger partial charge in [-0.05, 0) is 31.0 Å². The van der Waals surface area contributed by atoms with Crippen molar-refractivity contribution in [3.63, 3.8) is 0 Å². The molecule has 1 aromatic heterocycles. The quantitative estimate of drug-likeness (QED) is 0.506. The van der Waals surface area contributed by atoms with Crippen molar-refractivity contribution in [1.29, 1.82) is 0 Å². The van der Waals surface area contributed by atoms with Gasteiger partial charge in [-0.25, -0.2) is 9.59 Å². The number of hydrogen-bond donors (Lipinski definition) is 3. The molecular formula is C21H27F6N3O6. The van der Waals surface area contributed by atoms with Gasteiger partial charge < -0.3 is 25.2 Å². The molecule has 0 bridgehead atoms. The highest BCUT2D eigenvalue weighted by Gasteiger charge is 2.41. The van der Waals surface area contributed by atoms with E-state index in [1.54, 1.807) is 12.4 Å². The van der Waals surface area contributed by atoms with Gasteiger partial charge in [-0.15, -0.1) is 0 Å². The summed E-state index contributed by atoms with van der Waals surface area (Å²) in [4.78, 5) is 36.9. The number of rotatable bonds is 4. The summed E-state index contributed by atoms with van der Waals surface area (Å²) >= 11 is 0. The number of aromatic nitrogens is 1. The van der Waals surface area contributed by atoms with Gasteiger partial charge in [0.25, 0.3) is 0 Å². The minimum Gasteiger partial charge on any atom is -0.475 e. The van der Waals surface area contributed by atoms with Crippen molar-refractivity contribution >= 4 is 17.8 Å². The number of fused-ring (bicyclic) bond motifs is 1. The molecule has 2 saturated heterocycles. The minimum absolute atomic E-state index is 0.0739. The van der Waals surface area contributed by atoms with Gasteiger partial charge in [0.1, 0.15) is 0 Å². The molecule has 0 radical (unpaired) electrons. The molecule has 3 rings (SSSR count). The second-order valence-electron chi connectivity index (χ2n) is 7.84. The number of nitrogens with one attached hydrogen (secondary N) is 1. The van der Waals surface area contributed by atoms with E-state index in [-0.39, 0.29) is 17.9 Å². The molecule has 1 aromatic rings. The number of aliphatic carboxylic acids is 2. The molecule has 36 heavy (non-hydrogen) atoms. The molecule has 0 aromatic carbocycles. The zero-order valence-electron chi connectivity index (χ0n) is 19.2. The maximum atomic E-state index is 12.6. The number of amides is 1. The topological polar surface area (TPSA) is 129 Å². The van der Waals surface area contributed by atoms with E-state index < -0.39 is 24.3 Å². The fourth-order valence-electron chi connectivity index (χ4n) is 3.62. The first-order valence-electron chi connectivity index (χ1n) is 10.8. The summed E-state index contributed by atoms with van der Waals surface area (Å²) in [5.74, 6) is -4.94. The van der Waals surface area contributed by atoms with E-state index in [0.29, 0.717) is 19.1 Å². The first-order valence-corrected chi connectivity index (χ1v) is 10.8. The van der Waals surface area contributed by atoms with Gasteiger partial charge in [0.15, 0.2) is 0 Å². The molecule has 2 aliphatic rings. The molecule has 3 atom stereocenters. The van der Waals surface area contributed by atoms with Crippen LogP contribution in [0.5, 0.6) is 0 Å². The third-order valence-electron chi connectivity index (χ3n) is 5.41. The third kappa shape index (κ3) is 10.8. The summed E-state index contributed by atoms with van der Waals surface area (Å²) < 4.78 is 69.4.